The Kier molecular flexibility index (Phi) is 5.99. The van der Waals surface area contributed by atoms with Gasteiger partial charge in [-0.1, -0.05) is 44.2 Å². The first kappa shape index (κ1) is 15.7. The maximum absolute atomic E-state index is 11.9. The molecule has 1 aromatic rings. The van der Waals surface area contributed by atoms with Gasteiger partial charge in [0.05, 0.1) is 0 Å². The van der Waals surface area contributed by atoms with Crippen LogP contribution in [0.25, 0.3) is 0 Å². The molecule has 0 aliphatic rings. The summed E-state index contributed by atoms with van der Waals surface area (Å²) >= 11 is 0. The van der Waals surface area contributed by atoms with Crippen molar-refractivity contribution >= 4 is 5.97 Å². The molecule has 0 spiro atoms. The number of carbonyl (C=O) groups is 1. The summed E-state index contributed by atoms with van der Waals surface area (Å²) in [5, 5.41) is 13.0. The molecule has 0 heterocycles. The molecular weight excluding hydrogens is 240 g/mol. The van der Waals surface area contributed by atoms with Gasteiger partial charge in [-0.3, -0.25) is 5.32 Å². The fourth-order valence-electron chi connectivity index (χ4n) is 2.09. The number of hydrogen-bond acceptors (Lipinski definition) is 3. The van der Waals surface area contributed by atoms with E-state index in [4.69, 9.17) is 0 Å². The summed E-state index contributed by atoms with van der Waals surface area (Å²) < 4.78 is 0. The van der Waals surface area contributed by atoms with Gasteiger partial charge in [-0.25, -0.2) is 4.79 Å². The molecule has 106 valence electrons. The van der Waals surface area contributed by atoms with Crippen LogP contribution in [0.5, 0.6) is 0 Å². The number of aliphatic carboxylic acids is 1. The summed E-state index contributed by atoms with van der Waals surface area (Å²) in [7, 11) is 1.94. The first-order valence-electron chi connectivity index (χ1n) is 6.79. The second-order valence-electron chi connectivity index (χ2n) is 4.83. The normalized spacial score (nSPS) is 14.3. The molecule has 4 nitrogen and oxygen atoms in total. The molecule has 0 aromatic heterocycles. The average Bonchev–Trinajstić information content (AvgIpc) is 2.43. The van der Waals surface area contributed by atoms with Crippen LogP contribution in [0.15, 0.2) is 30.3 Å². The Labute approximate surface area is 115 Å². The predicted molar refractivity (Wildman–Crippen MR) is 77.2 cm³/mol. The third-order valence-electron chi connectivity index (χ3n) is 3.36. The lowest BCUT2D eigenvalue weighted by molar-refractivity contribution is -0.146. The fourth-order valence-corrected chi connectivity index (χ4v) is 2.09. The van der Waals surface area contributed by atoms with E-state index in [9.17, 15) is 9.90 Å². The Morgan fingerprint density at radius 2 is 1.95 bits per heavy atom. The minimum atomic E-state index is -1.04. The van der Waals surface area contributed by atoms with Crippen LogP contribution in [0.3, 0.4) is 0 Å². The van der Waals surface area contributed by atoms with E-state index in [0.29, 0.717) is 13.1 Å². The first-order chi connectivity index (χ1) is 9.06. The molecule has 4 heteroatoms. The lowest BCUT2D eigenvalue weighted by atomic mass is 9.89. The van der Waals surface area contributed by atoms with E-state index in [1.807, 2.05) is 56.1 Å². The van der Waals surface area contributed by atoms with E-state index in [1.54, 1.807) is 0 Å². The quantitative estimate of drug-likeness (QED) is 0.753. The molecule has 1 atom stereocenters. The molecule has 0 radical (unpaired) electrons. The summed E-state index contributed by atoms with van der Waals surface area (Å²) in [6.07, 6.45) is 0.900. The smallest absolute Gasteiger partial charge is 0.329 e. The Morgan fingerprint density at radius 1 is 1.32 bits per heavy atom. The van der Waals surface area contributed by atoms with Crippen molar-refractivity contribution in [2.45, 2.75) is 25.8 Å². The van der Waals surface area contributed by atoms with Crippen molar-refractivity contribution in [3.05, 3.63) is 35.9 Å². The maximum atomic E-state index is 11.9. The van der Waals surface area contributed by atoms with Gasteiger partial charge in [0, 0.05) is 6.54 Å². The zero-order valence-corrected chi connectivity index (χ0v) is 12.0. The van der Waals surface area contributed by atoms with Gasteiger partial charge in [0.15, 0.2) is 5.54 Å². The summed E-state index contributed by atoms with van der Waals surface area (Å²) in [5.41, 5.74) is -0.238. The number of benzene rings is 1. The first-order valence-corrected chi connectivity index (χ1v) is 6.79. The van der Waals surface area contributed by atoms with Gasteiger partial charge in [0.2, 0.25) is 0 Å². The van der Waals surface area contributed by atoms with E-state index in [0.717, 1.165) is 18.5 Å². The Morgan fingerprint density at radius 3 is 2.42 bits per heavy atom. The molecule has 0 aliphatic carbocycles. The lowest BCUT2D eigenvalue weighted by Gasteiger charge is -2.34. The van der Waals surface area contributed by atoms with Gasteiger partial charge in [-0.2, -0.15) is 0 Å². The minimum absolute atomic E-state index is 0.447. The van der Waals surface area contributed by atoms with E-state index in [1.165, 1.54) is 0 Å². The van der Waals surface area contributed by atoms with E-state index < -0.39 is 11.5 Å². The molecule has 0 bridgehead atoms. The second kappa shape index (κ2) is 7.26. The summed E-state index contributed by atoms with van der Waals surface area (Å²) in [4.78, 5) is 13.9. The van der Waals surface area contributed by atoms with Gasteiger partial charge in [0.1, 0.15) is 0 Å². The van der Waals surface area contributed by atoms with Crippen molar-refractivity contribution in [3.8, 4) is 0 Å². The number of nitrogens with one attached hydrogen (secondary N) is 1. The van der Waals surface area contributed by atoms with E-state index >= 15 is 0 Å². The van der Waals surface area contributed by atoms with Crippen LogP contribution < -0.4 is 5.32 Å². The highest BCUT2D eigenvalue weighted by Gasteiger charge is 2.40. The van der Waals surface area contributed by atoms with Crippen LogP contribution in [0.1, 0.15) is 25.8 Å². The minimum Gasteiger partial charge on any atom is -0.480 e. The van der Waals surface area contributed by atoms with Gasteiger partial charge >= 0.3 is 5.97 Å². The van der Waals surface area contributed by atoms with Crippen molar-refractivity contribution < 1.29 is 9.90 Å². The number of hydrogen-bond donors (Lipinski definition) is 2. The van der Waals surface area contributed by atoms with Crippen LogP contribution in [0, 0.1) is 0 Å². The third-order valence-corrected chi connectivity index (χ3v) is 3.36. The Hall–Kier alpha value is -1.39. The zero-order valence-electron chi connectivity index (χ0n) is 12.0. The van der Waals surface area contributed by atoms with Crippen molar-refractivity contribution in [3.63, 3.8) is 0 Å². The number of nitrogens with zero attached hydrogens (tertiary/aromatic N) is 1. The monoisotopic (exact) mass is 264 g/mol. The molecule has 0 saturated heterocycles. The van der Waals surface area contributed by atoms with E-state index in [2.05, 4.69) is 5.32 Å². The molecule has 0 saturated carbocycles. The Balaban J connectivity index is 3.15. The zero-order chi connectivity index (χ0) is 14.3. The van der Waals surface area contributed by atoms with Crippen LogP contribution in [-0.2, 0) is 10.3 Å². The highest BCUT2D eigenvalue weighted by atomic mass is 16.4. The topological polar surface area (TPSA) is 52.6 Å². The number of likely N-dealkylation sites (N-methyl/N-ethyl adjacent to an activating group) is 1. The number of carboxylic acid groups (broad SMARTS) is 1. The molecular formula is C15H24N2O2. The largest absolute Gasteiger partial charge is 0.480 e. The lowest BCUT2D eigenvalue weighted by Crippen LogP contribution is -2.56. The van der Waals surface area contributed by atoms with Crippen LogP contribution in [0.4, 0.5) is 0 Å². The average molecular weight is 264 g/mol. The molecule has 19 heavy (non-hydrogen) atoms. The van der Waals surface area contributed by atoms with Gasteiger partial charge in [-0.05, 0) is 32.1 Å². The second-order valence-corrected chi connectivity index (χ2v) is 4.83. The van der Waals surface area contributed by atoms with Crippen LogP contribution in [0.2, 0.25) is 0 Å². The van der Waals surface area contributed by atoms with Crippen LogP contribution >= 0.6 is 0 Å². The van der Waals surface area contributed by atoms with Crippen molar-refractivity contribution in [1.29, 1.82) is 0 Å². The van der Waals surface area contributed by atoms with Crippen molar-refractivity contribution in [2.24, 2.45) is 0 Å². The number of carboxylic acids is 1. The number of rotatable bonds is 8. The van der Waals surface area contributed by atoms with Crippen molar-refractivity contribution in [1.82, 2.24) is 10.2 Å². The van der Waals surface area contributed by atoms with Gasteiger partial charge < -0.3 is 10.0 Å². The summed E-state index contributed by atoms with van der Waals surface area (Å²) in [6.45, 7) is 6.00. The highest BCUT2D eigenvalue weighted by molar-refractivity contribution is 5.81. The van der Waals surface area contributed by atoms with Gasteiger partial charge in [0.25, 0.3) is 0 Å². The molecule has 0 aliphatic heterocycles. The highest BCUT2D eigenvalue weighted by Crippen LogP contribution is 2.23. The SMILES string of the molecule is CCCNC(CN(C)CC)(C(=O)O)c1ccccc1. The van der Waals surface area contributed by atoms with Crippen molar-refractivity contribution in [2.75, 3.05) is 26.7 Å². The van der Waals surface area contributed by atoms with Gasteiger partial charge in [-0.15, -0.1) is 0 Å². The summed E-state index contributed by atoms with van der Waals surface area (Å²) in [5.74, 6) is -0.826. The summed E-state index contributed by atoms with van der Waals surface area (Å²) in [6, 6.07) is 9.42. The predicted octanol–water partition coefficient (Wildman–Crippen LogP) is 1.92. The maximum Gasteiger partial charge on any atom is 0.329 e. The standard InChI is InChI=1S/C15H24N2O2/c1-4-11-16-15(14(18)19,12-17(3)5-2)13-9-7-6-8-10-13/h6-10,16H,4-5,11-12H2,1-3H3,(H,18,19). The molecule has 0 fully saturated rings. The Bertz CT molecular complexity index is 394. The molecule has 0 amide bonds. The third kappa shape index (κ3) is 3.78. The molecule has 1 rings (SSSR count). The molecule has 1 aromatic carbocycles. The molecule has 2 N–H and O–H groups in total. The van der Waals surface area contributed by atoms with Crippen LogP contribution in [-0.4, -0.2) is 42.7 Å². The molecule has 1 unspecified atom stereocenters. The fraction of sp³-hybridized carbons (Fsp3) is 0.533. The van der Waals surface area contributed by atoms with E-state index in [-0.39, 0.29) is 0 Å².